The summed E-state index contributed by atoms with van der Waals surface area (Å²) in [6.45, 7) is 5.57. The van der Waals surface area contributed by atoms with Crippen molar-refractivity contribution in [3.8, 4) is 5.75 Å². The zero-order valence-corrected chi connectivity index (χ0v) is 18.4. The minimum Gasteiger partial charge on any atom is -0.496 e. The lowest BCUT2D eigenvalue weighted by molar-refractivity contribution is 0.276. The number of benzene rings is 1. The molecule has 8 nitrogen and oxygen atoms in total. The van der Waals surface area contributed by atoms with Gasteiger partial charge in [0.25, 0.3) is 10.2 Å². The van der Waals surface area contributed by atoms with Crippen molar-refractivity contribution >= 4 is 10.2 Å². The average molecular weight is 434 g/mol. The van der Waals surface area contributed by atoms with E-state index in [0.29, 0.717) is 32.7 Å². The average Bonchev–Trinajstić information content (AvgIpc) is 3.41. The number of hydrogen-bond acceptors (Lipinski definition) is 5. The van der Waals surface area contributed by atoms with Crippen LogP contribution in [-0.2, 0) is 23.3 Å². The van der Waals surface area contributed by atoms with Gasteiger partial charge in [0.05, 0.1) is 13.7 Å². The van der Waals surface area contributed by atoms with Crippen molar-refractivity contribution in [2.24, 2.45) is 0 Å². The highest BCUT2D eigenvalue weighted by Gasteiger charge is 2.32. The number of hydrogen-bond donors (Lipinski definition) is 0. The molecule has 164 valence electrons. The molecule has 0 radical (unpaired) electrons. The second-order valence-corrected chi connectivity index (χ2v) is 9.92. The topological polar surface area (TPSA) is 70.9 Å². The van der Waals surface area contributed by atoms with Crippen LogP contribution in [0.3, 0.4) is 0 Å². The summed E-state index contributed by atoms with van der Waals surface area (Å²) in [6, 6.07) is 8.19. The van der Waals surface area contributed by atoms with Crippen LogP contribution in [0, 0.1) is 0 Å². The predicted molar refractivity (Wildman–Crippen MR) is 116 cm³/mol. The first kappa shape index (κ1) is 21.3. The Morgan fingerprint density at radius 1 is 0.967 bits per heavy atom. The maximum absolute atomic E-state index is 12.9. The maximum Gasteiger partial charge on any atom is 0.282 e. The highest BCUT2D eigenvalue weighted by molar-refractivity contribution is 7.86. The zero-order valence-electron chi connectivity index (χ0n) is 17.6. The minimum atomic E-state index is -3.31. The Morgan fingerprint density at radius 3 is 2.47 bits per heavy atom. The monoisotopic (exact) mass is 433 g/mol. The zero-order chi connectivity index (χ0) is 21.0. The van der Waals surface area contributed by atoms with E-state index < -0.39 is 10.2 Å². The lowest BCUT2D eigenvalue weighted by atomic mass is 10.1. The summed E-state index contributed by atoms with van der Waals surface area (Å²) in [5.74, 6) is 0.855. The number of rotatable bonds is 7. The molecule has 0 atom stereocenters. The molecule has 0 bridgehead atoms. The molecule has 0 aliphatic carbocycles. The number of aromatic nitrogens is 2. The van der Waals surface area contributed by atoms with Crippen LogP contribution >= 0.6 is 0 Å². The highest BCUT2D eigenvalue weighted by atomic mass is 32.2. The van der Waals surface area contributed by atoms with Gasteiger partial charge in [0, 0.05) is 57.2 Å². The van der Waals surface area contributed by atoms with Gasteiger partial charge in [-0.05, 0) is 49.6 Å². The molecular formula is C21H31N5O3S. The molecule has 2 aliphatic rings. The Bertz CT molecular complexity index is 926. The normalized spacial score (nSPS) is 19.8. The number of ether oxygens (including phenoxy) is 1. The highest BCUT2D eigenvalue weighted by Crippen LogP contribution is 2.23. The lowest BCUT2D eigenvalue weighted by Crippen LogP contribution is -2.44. The summed E-state index contributed by atoms with van der Waals surface area (Å²) in [5, 5.41) is 4.29. The predicted octanol–water partition coefficient (Wildman–Crippen LogP) is 1.79. The van der Waals surface area contributed by atoms with E-state index in [1.807, 2.05) is 23.0 Å². The van der Waals surface area contributed by atoms with Crippen LogP contribution in [0.2, 0.25) is 0 Å². The Labute approximate surface area is 179 Å². The summed E-state index contributed by atoms with van der Waals surface area (Å²) in [4.78, 5) is 2.35. The fraction of sp³-hybridized carbons (Fsp3) is 0.571. The van der Waals surface area contributed by atoms with Gasteiger partial charge in [0.1, 0.15) is 5.75 Å². The lowest BCUT2D eigenvalue weighted by Gasteiger charge is -2.26. The molecule has 0 saturated carbocycles. The molecule has 2 saturated heterocycles. The molecule has 1 aromatic heterocycles. The fourth-order valence-corrected chi connectivity index (χ4v) is 6.02. The van der Waals surface area contributed by atoms with Gasteiger partial charge in [0.15, 0.2) is 0 Å². The molecule has 9 heteroatoms. The Morgan fingerprint density at radius 2 is 1.73 bits per heavy atom. The van der Waals surface area contributed by atoms with E-state index in [2.05, 4.69) is 22.1 Å². The van der Waals surface area contributed by atoms with E-state index in [1.165, 1.54) is 5.56 Å². The van der Waals surface area contributed by atoms with Crippen molar-refractivity contribution < 1.29 is 13.2 Å². The fourth-order valence-electron chi connectivity index (χ4n) is 4.30. The Hall–Kier alpha value is -1.94. The SMILES string of the molecule is COc1ccc(CN2CCCN(S(=O)(=O)N3CCCC3)CC2)cc1Cn1cccn1. The van der Waals surface area contributed by atoms with Gasteiger partial charge in [-0.3, -0.25) is 9.58 Å². The number of methoxy groups -OCH3 is 1. The molecular weight excluding hydrogens is 402 g/mol. The van der Waals surface area contributed by atoms with Crippen LogP contribution in [0.4, 0.5) is 0 Å². The third-order valence-electron chi connectivity index (χ3n) is 5.91. The molecule has 0 N–H and O–H groups in total. The smallest absolute Gasteiger partial charge is 0.282 e. The Balaban J connectivity index is 1.41. The van der Waals surface area contributed by atoms with Gasteiger partial charge in [-0.25, -0.2) is 0 Å². The largest absolute Gasteiger partial charge is 0.496 e. The van der Waals surface area contributed by atoms with E-state index in [1.54, 1.807) is 21.9 Å². The van der Waals surface area contributed by atoms with Crippen LogP contribution in [0.25, 0.3) is 0 Å². The van der Waals surface area contributed by atoms with Crippen molar-refractivity contribution in [1.82, 2.24) is 23.3 Å². The summed E-state index contributed by atoms with van der Waals surface area (Å²) >= 11 is 0. The van der Waals surface area contributed by atoms with E-state index >= 15 is 0 Å². The van der Waals surface area contributed by atoms with Crippen molar-refractivity contribution in [2.75, 3.05) is 46.4 Å². The van der Waals surface area contributed by atoms with Gasteiger partial charge >= 0.3 is 0 Å². The van der Waals surface area contributed by atoms with E-state index in [0.717, 1.165) is 50.2 Å². The van der Waals surface area contributed by atoms with E-state index in [9.17, 15) is 8.42 Å². The molecule has 0 spiro atoms. The van der Waals surface area contributed by atoms with Crippen molar-refractivity contribution in [3.05, 3.63) is 47.8 Å². The van der Waals surface area contributed by atoms with Crippen molar-refractivity contribution in [2.45, 2.75) is 32.4 Å². The van der Waals surface area contributed by atoms with E-state index in [4.69, 9.17) is 4.74 Å². The molecule has 2 aliphatic heterocycles. The second kappa shape index (κ2) is 9.47. The van der Waals surface area contributed by atoms with Gasteiger partial charge < -0.3 is 4.74 Å². The van der Waals surface area contributed by atoms with Crippen molar-refractivity contribution in [3.63, 3.8) is 0 Å². The molecule has 2 fully saturated rings. The standard InChI is InChI=1S/C21H31N5O3S/c1-29-21-7-6-19(16-20(21)18-24-10-4-8-22-24)17-23-9-5-13-26(15-14-23)30(27,28)25-11-2-3-12-25/h4,6-8,10,16H,2-3,5,9,11-15,17-18H2,1H3. The Kier molecular flexibility index (Phi) is 6.72. The quantitative estimate of drug-likeness (QED) is 0.666. The van der Waals surface area contributed by atoms with Crippen LogP contribution in [0.15, 0.2) is 36.7 Å². The van der Waals surface area contributed by atoms with Crippen LogP contribution in [0.5, 0.6) is 5.75 Å². The molecule has 2 aromatic rings. The minimum absolute atomic E-state index is 0.551. The van der Waals surface area contributed by atoms with Crippen LogP contribution in [0.1, 0.15) is 30.4 Å². The first-order valence-corrected chi connectivity index (χ1v) is 12.1. The first-order chi connectivity index (χ1) is 14.6. The molecule has 30 heavy (non-hydrogen) atoms. The van der Waals surface area contributed by atoms with Gasteiger partial charge in [0.2, 0.25) is 0 Å². The van der Waals surface area contributed by atoms with E-state index in [-0.39, 0.29) is 0 Å². The van der Waals surface area contributed by atoms with Gasteiger partial charge in [-0.15, -0.1) is 0 Å². The summed E-state index contributed by atoms with van der Waals surface area (Å²) in [5.41, 5.74) is 2.29. The third-order valence-corrected chi connectivity index (χ3v) is 7.94. The van der Waals surface area contributed by atoms with Crippen LogP contribution in [-0.4, -0.2) is 78.1 Å². The van der Waals surface area contributed by atoms with Crippen LogP contribution < -0.4 is 4.74 Å². The maximum atomic E-state index is 12.9. The van der Waals surface area contributed by atoms with Gasteiger partial charge in [-0.2, -0.15) is 22.1 Å². The third kappa shape index (κ3) is 4.85. The first-order valence-electron chi connectivity index (χ1n) is 10.7. The molecule has 4 rings (SSSR count). The molecule has 1 aromatic carbocycles. The van der Waals surface area contributed by atoms with Crippen molar-refractivity contribution in [1.29, 1.82) is 0 Å². The molecule has 3 heterocycles. The molecule has 0 unspecified atom stereocenters. The number of nitrogens with zero attached hydrogens (tertiary/aromatic N) is 5. The second-order valence-electron chi connectivity index (χ2n) is 7.99. The molecule has 0 amide bonds. The summed E-state index contributed by atoms with van der Waals surface area (Å²) < 4.78 is 36.5. The summed E-state index contributed by atoms with van der Waals surface area (Å²) in [6.07, 6.45) is 6.50. The summed E-state index contributed by atoms with van der Waals surface area (Å²) in [7, 11) is -1.63. The van der Waals surface area contributed by atoms with Gasteiger partial charge in [-0.1, -0.05) is 6.07 Å².